The van der Waals surface area contributed by atoms with Crippen molar-refractivity contribution in [3.63, 3.8) is 0 Å². The third kappa shape index (κ3) is 3.58. The Hall–Kier alpha value is -2.56. The molecule has 9 nitrogen and oxygen atoms in total. The Morgan fingerprint density at radius 2 is 1.93 bits per heavy atom. The molecule has 28 heavy (non-hydrogen) atoms. The van der Waals surface area contributed by atoms with Crippen LogP contribution in [0.3, 0.4) is 0 Å². The second kappa shape index (κ2) is 7.46. The molecule has 0 unspecified atom stereocenters. The number of rotatable bonds is 3. The molecule has 0 aliphatic carbocycles. The highest BCUT2D eigenvalue weighted by atomic mass is 32.2. The molecule has 2 aliphatic heterocycles. The lowest BCUT2D eigenvalue weighted by molar-refractivity contribution is 0.0727. The number of ether oxygens (including phenoxy) is 1. The van der Waals surface area contributed by atoms with Gasteiger partial charge in [0.15, 0.2) is 0 Å². The van der Waals surface area contributed by atoms with E-state index in [4.69, 9.17) is 4.74 Å². The van der Waals surface area contributed by atoms with Gasteiger partial charge < -0.3 is 14.6 Å². The predicted molar refractivity (Wildman–Crippen MR) is 99.3 cm³/mol. The van der Waals surface area contributed by atoms with Crippen molar-refractivity contribution < 1.29 is 17.9 Å². The number of amides is 1. The Kier molecular flexibility index (Phi) is 5.00. The maximum absolute atomic E-state index is 12.8. The molecule has 0 bridgehead atoms. The lowest BCUT2D eigenvalue weighted by Gasteiger charge is -2.30. The van der Waals surface area contributed by atoms with Gasteiger partial charge in [0.1, 0.15) is 5.69 Å². The van der Waals surface area contributed by atoms with E-state index in [1.807, 2.05) is 0 Å². The number of nitrogens with zero attached hydrogens (tertiary/aromatic N) is 3. The van der Waals surface area contributed by atoms with E-state index < -0.39 is 10.0 Å². The molecule has 1 aromatic heterocycles. The Balaban J connectivity index is 1.53. The quantitative estimate of drug-likeness (QED) is 0.770. The molecule has 10 heteroatoms. The first-order chi connectivity index (χ1) is 13.4. The standard InChI is InChI=1S/C18H20N4O5S/c23-17-11-19-16(10-20-17)18(24)21-4-3-13-9-15(2-1-14(13)12-21)28(25,26)22-5-7-27-8-6-22/h1-2,9-11H,3-8,12H2,(H,20,23). The molecular weight excluding hydrogens is 384 g/mol. The Morgan fingerprint density at radius 1 is 1.14 bits per heavy atom. The summed E-state index contributed by atoms with van der Waals surface area (Å²) in [7, 11) is -3.54. The van der Waals surface area contributed by atoms with Crippen molar-refractivity contribution in [2.24, 2.45) is 0 Å². The molecule has 0 saturated carbocycles. The van der Waals surface area contributed by atoms with Crippen molar-refractivity contribution in [2.75, 3.05) is 32.8 Å². The summed E-state index contributed by atoms with van der Waals surface area (Å²) >= 11 is 0. The summed E-state index contributed by atoms with van der Waals surface area (Å²) in [4.78, 5) is 31.9. The number of aromatic nitrogens is 2. The van der Waals surface area contributed by atoms with Gasteiger partial charge in [-0.3, -0.25) is 9.59 Å². The van der Waals surface area contributed by atoms with Crippen LogP contribution >= 0.6 is 0 Å². The van der Waals surface area contributed by atoms with Crippen LogP contribution in [0.2, 0.25) is 0 Å². The van der Waals surface area contributed by atoms with E-state index in [1.54, 1.807) is 23.1 Å². The molecule has 148 valence electrons. The summed E-state index contributed by atoms with van der Waals surface area (Å²) in [6, 6.07) is 5.07. The van der Waals surface area contributed by atoms with E-state index in [0.717, 1.165) is 17.3 Å². The number of morpholine rings is 1. The largest absolute Gasteiger partial charge is 0.379 e. The number of hydrogen-bond donors (Lipinski definition) is 1. The summed E-state index contributed by atoms with van der Waals surface area (Å²) in [6.45, 7) is 2.34. The molecular formula is C18H20N4O5S. The first kappa shape index (κ1) is 18.8. The Morgan fingerprint density at radius 3 is 2.64 bits per heavy atom. The molecule has 2 aromatic rings. The van der Waals surface area contributed by atoms with Crippen molar-refractivity contribution in [1.82, 2.24) is 19.2 Å². The number of carbonyl (C=O) groups excluding carboxylic acids is 1. The zero-order chi connectivity index (χ0) is 19.7. The summed E-state index contributed by atoms with van der Waals surface area (Å²) in [6.07, 6.45) is 2.93. The van der Waals surface area contributed by atoms with E-state index in [0.29, 0.717) is 45.8 Å². The number of benzene rings is 1. The fourth-order valence-corrected chi connectivity index (χ4v) is 4.88. The molecule has 0 spiro atoms. The van der Waals surface area contributed by atoms with Crippen molar-refractivity contribution in [3.8, 4) is 0 Å². The average Bonchev–Trinajstić information content (AvgIpc) is 2.73. The number of nitrogens with one attached hydrogen (secondary N) is 1. The number of carbonyl (C=O) groups is 1. The maximum Gasteiger partial charge on any atom is 0.274 e. The molecule has 3 heterocycles. The van der Waals surface area contributed by atoms with Crippen LogP contribution in [0.5, 0.6) is 0 Å². The molecule has 0 atom stereocenters. The molecule has 1 saturated heterocycles. The Bertz CT molecular complexity index is 1040. The third-order valence-corrected chi connectivity index (χ3v) is 6.87. The van der Waals surface area contributed by atoms with E-state index in [1.165, 1.54) is 10.5 Å². The highest BCUT2D eigenvalue weighted by Gasteiger charge is 2.28. The summed E-state index contributed by atoms with van der Waals surface area (Å²) in [5.74, 6) is -0.271. The van der Waals surface area contributed by atoms with Crippen LogP contribution in [0.4, 0.5) is 0 Å². The zero-order valence-electron chi connectivity index (χ0n) is 15.1. The normalized spacial score (nSPS) is 17.9. The first-order valence-electron chi connectivity index (χ1n) is 8.99. The third-order valence-electron chi connectivity index (χ3n) is 4.98. The van der Waals surface area contributed by atoms with E-state index in [2.05, 4.69) is 9.97 Å². The maximum atomic E-state index is 12.8. The van der Waals surface area contributed by atoms with Crippen LogP contribution in [0.25, 0.3) is 0 Å². The van der Waals surface area contributed by atoms with Crippen molar-refractivity contribution >= 4 is 15.9 Å². The van der Waals surface area contributed by atoms with Gasteiger partial charge in [-0.1, -0.05) is 6.07 Å². The van der Waals surface area contributed by atoms with Crippen LogP contribution in [0.1, 0.15) is 21.6 Å². The van der Waals surface area contributed by atoms with Crippen LogP contribution in [-0.2, 0) is 27.7 Å². The fraction of sp³-hybridized carbons (Fsp3) is 0.389. The highest BCUT2D eigenvalue weighted by molar-refractivity contribution is 7.89. The zero-order valence-corrected chi connectivity index (χ0v) is 15.9. The number of aromatic amines is 1. The molecule has 1 fully saturated rings. The summed E-state index contributed by atoms with van der Waals surface area (Å²) in [5.41, 5.74) is 1.64. The van der Waals surface area contributed by atoms with Crippen molar-refractivity contribution in [2.45, 2.75) is 17.9 Å². The average molecular weight is 404 g/mol. The number of fused-ring (bicyclic) bond motifs is 1. The number of sulfonamides is 1. The Labute approximate surface area is 162 Å². The minimum absolute atomic E-state index is 0.176. The molecule has 4 rings (SSSR count). The topological polar surface area (TPSA) is 113 Å². The number of hydrogen-bond acceptors (Lipinski definition) is 6. The SMILES string of the molecule is O=C(c1c[nH]c(=O)cn1)N1CCc2cc(S(=O)(=O)N3CCOCC3)ccc2C1. The van der Waals surface area contributed by atoms with Crippen LogP contribution in [-0.4, -0.2) is 66.3 Å². The van der Waals surface area contributed by atoms with Crippen molar-refractivity contribution in [1.29, 1.82) is 0 Å². The molecule has 0 radical (unpaired) electrons. The molecule has 2 aliphatic rings. The second-order valence-corrected chi connectivity index (χ2v) is 8.66. The monoisotopic (exact) mass is 404 g/mol. The van der Waals surface area contributed by atoms with Gasteiger partial charge in [-0.2, -0.15) is 4.31 Å². The minimum Gasteiger partial charge on any atom is -0.379 e. The number of H-pyrrole nitrogens is 1. The van der Waals surface area contributed by atoms with E-state index in [-0.39, 0.29) is 22.1 Å². The van der Waals surface area contributed by atoms with Gasteiger partial charge in [-0.15, -0.1) is 0 Å². The van der Waals surface area contributed by atoms with Crippen molar-refractivity contribution in [3.05, 3.63) is 57.8 Å². The van der Waals surface area contributed by atoms with Gasteiger partial charge in [0.25, 0.3) is 11.5 Å². The molecule has 1 amide bonds. The van der Waals surface area contributed by atoms with Gasteiger partial charge in [0, 0.05) is 32.4 Å². The van der Waals surface area contributed by atoms with Gasteiger partial charge in [0.05, 0.1) is 24.3 Å². The minimum atomic E-state index is -3.54. The van der Waals surface area contributed by atoms with E-state index >= 15 is 0 Å². The van der Waals surface area contributed by atoms with E-state index in [9.17, 15) is 18.0 Å². The lowest BCUT2D eigenvalue weighted by Crippen LogP contribution is -2.41. The summed E-state index contributed by atoms with van der Waals surface area (Å²) < 4.78 is 32.3. The smallest absolute Gasteiger partial charge is 0.274 e. The predicted octanol–water partition coefficient (Wildman–Crippen LogP) is -0.0107. The van der Waals surface area contributed by atoms with Gasteiger partial charge in [0.2, 0.25) is 10.0 Å². The second-order valence-electron chi connectivity index (χ2n) is 6.72. The first-order valence-corrected chi connectivity index (χ1v) is 10.4. The van der Waals surface area contributed by atoms with Gasteiger partial charge >= 0.3 is 0 Å². The molecule has 1 aromatic carbocycles. The summed E-state index contributed by atoms with van der Waals surface area (Å²) in [5, 5.41) is 0. The highest BCUT2D eigenvalue weighted by Crippen LogP contribution is 2.25. The van der Waals surface area contributed by atoms with Crippen LogP contribution < -0.4 is 5.56 Å². The lowest BCUT2D eigenvalue weighted by atomic mass is 9.99. The van der Waals surface area contributed by atoms with Crippen LogP contribution in [0, 0.1) is 0 Å². The van der Waals surface area contributed by atoms with Crippen LogP contribution in [0.15, 0.2) is 40.3 Å². The van der Waals surface area contributed by atoms with Gasteiger partial charge in [-0.05, 0) is 29.7 Å². The van der Waals surface area contributed by atoms with Gasteiger partial charge in [-0.25, -0.2) is 13.4 Å². The fourth-order valence-electron chi connectivity index (χ4n) is 3.42. The molecule has 1 N–H and O–H groups in total.